The molecule has 0 fully saturated rings. The lowest BCUT2D eigenvalue weighted by atomic mass is 10.3. The molecule has 0 aromatic carbocycles. The summed E-state index contributed by atoms with van der Waals surface area (Å²) < 4.78 is 0. The molecule has 1 heterocycles. The summed E-state index contributed by atoms with van der Waals surface area (Å²) >= 11 is 0. The zero-order chi connectivity index (χ0) is 11.3. The number of anilines is 1. The van der Waals surface area contributed by atoms with Crippen LogP contribution in [0.1, 0.15) is 0 Å². The zero-order valence-corrected chi connectivity index (χ0v) is 8.12. The lowest BCUT2D eigenvalue weighted by Gasteiger charge is -2.14. The standard InChI is InChI=1S/C10H10N2O3/c1-12(8-4-6-11-7-5-8)9(13)2-3-10(14)15/h2-7H,1H3,(H,14,15)/b3-2+. The lowest BCUT2D eigenvalue weighted by molar-refractivity contribution is -0.131. The van der Waals surface area contributed by atoms with Crippen LogP contribution in [0.3, 0.4) is 0 Å². The summed E-state index contributed by atoms with van der Waals surface area (Å²) in [6, 6.07) is 3.32. The van der Waals surface area contributed by atoms with Gasteiger partial charge in [-0.15, -0.1) is 0 Å². The number of pyridine rings is 1. The Morgan fingerprint density at radius 2 is 1.93 bits per heavy atom. The van der Waals surface area contributed by atoms with Crippen LogP contribution in [0.4, 0.5) is 5.69 Å². The maximum Gasteiger partial charge on any atom is 0.328 e. The van der Waals surface area contributed by atoms with Gasteiger partial charge in [-0.3, -0.25) is 9.78 Å². The van der Waals surface area contributed by atoms with Crippen LogP contribution >= 0.6 is 0 Å². The van der Waals surface area contributed by atoms with E-state index in [1.807, 2.05) is 0 Å². The highest BCUT2D eigenvalue weighted by molar-refractivity contribution is 6.03. The number of rotatable bonds is 3. The number of aromatic nitrogens is 1. The van der Waals surface area contributed by atoms with Crippen LogP contribution < -0.4 is 4.90 Å². The summed E-state index contributed by atoms with van der Waals surface area (Å²) in [6.45, 7) is 0. The van der Waals surface area contributed by atoms with Gasteiger partial charge >= 0.3 is 5.97 Å². The number of hydrogen-bond donors (Lipinski definition) is 1. The second-order valence-corrected chi connectivity index (χ2v) is 2.77. The molecule has 0 saturated heterocycles. The van der Waals surface area contributed by atoms with Crippen molar-refractivity contribution in [3.05, 3.63) is 36.7 Å². The third-order valence-electron chi connectivity index (χ3n) is 1.75. The lowest BCUT2D eigenvalue weighted by Crippen LogP contribution is -2.24. The van der Waals surface area contributed by atoms with E-state index in [1.165, 1.54) is 4.90 Å². The molecule has 1 aromatic rings. The molecule has 0 bridgehead atoms. The molecule has 5 heteroatoms. The highest BCUT2D eigenvalue weighted by atomic mass is 16.4. The van der Waals surface area contributed by atoms with E-state index in [9.17, 15) is 9.59 Å². The summed E-state index contributed by atoms with van der Waals surface area (Å²) in [5.74, 6) is -1.55. The van der Waals surface area contributed by atoms with Crippen molar-refractivity contribution in [3.8, 4) is 0 Å². The number of amides is 1. The molecule has 15 heavy (non-hydrogen) atoms. The molecule has 0 spiro atoms. The number of carboxylic acids is 1. The maximum absolute atomic E-state index is 11.4. The van der Waals surface area contributed by atoms with Crippen LogP contribution in [0.5, 0.6) is 0 Å². The third kappa shape index (κ3) is 3.22. The average molecular weight is 206 g/mol. The summed E-state index contributed by atoms with van der Waals surface area (Å²) in [6.07, 6.45) is 4.92. The molecule has 1 amide bonds. The minimum absolute atomic E-state index is 0.399. The van der Waals surface area contributed by atoms with Crippen LogP contribution in [-0.4, -0.2) is 29.0 Å². The number of nitrogens with zero attached hydrogens (tertiary/aromatic N) is 2. The Labute approximate surface area is 86.7 Å². The topological polar surface area (TPSA) is 70.5 Å². The maximum atomic E-state index is 11.4. The molecule has 1 aromatic heterocycles. The molecule has 0 aliphatic rings. The van der Waals surface area contributed by atoms with Gasteiger partial charge in [-0.1, -0.05) is 0 Å². The van der Waals surface area contributed by atoms with Gasteiger partial charge in [-0.25, -0.2) is 4.79 Å². The average Bonchev–Trinajstić information content (AvgIpc) is 2.26. The van der Waals surface area contributed by atoms with Crippen LogP contribution in [-0.2, 0) is 9.59 Å². The molecular formula is C10H10N2O3. The van der Waals surface area contributed by atoms with Gasteiger partial charge in [0.25, 0.3) is 5.91 Å². The van der Waals surface area contributed by atoms with Gasteiger partial charge in [0, 0.05) is 37.3 Å². The van der Waals surface area contributed by atoms with E-state index in [0.29, 0.717) is 5.69 Å². The molecule has 5 nitrogen and oxygen atoms in total. The molecule has 0 unspecified atom stereocenters. The Kier molecular flexibility index (Phi) is 3.56. The minimum atomic E-state index is -1.15. The summed E-state index contributed by atoms with van der Waals surface area (Å²) in [7, 11) is 1.56. The number of carbonyl (C=O) groups excluding carboxylic acids is 1. The fourth-order valence-corrected chi connectivity index (χ4v) is 0.949. The summed E-state index contributed by atoms with van der Waals surface area (Å²) in [5, 5.41) is 8.35. The van der Waals surface area contributed by atoms with Crippen molar-refractivity contribution >= 4 is 17.6 Å². The number of carboxylic acid groups (broad SMARTS) is 1. The number of likely N-dealkylation sites (N-methyl/N-ethyl adjacent to an activating group) is 1. The monoisotopic (exact) mass is 206 g/mol. The predicted octanol–water partition coefficient (Wildman–Crippen LogP) is 0.685. The highest BCUT2D eigenvalue weighted by Gasteiger charge is 2.06. The van der Waals surface area contributed by atoms with E-state index >= 15 is 0 Å². The molecule has 78 valence electrons. The molecule has 0 saturated carbocycles. The van der Waals surface area contributed by atoms with E-state index in [1.54, 1.807) is 31.6 Å². The fraction of sp³-hybridized carbons (Fsp3) is 0.100. The van der Waals surface area contributed by atoms with Gasteiger partial charge in [0.05, 0.1) is 0 Å². The van der Waals surface area contributed by atoms with Crippen LogP contribution in [0.15, 0.2) is 36.7 Å². The fourth-order valence-electron chi connectivity index (χ4n) is 0.949. The molecule has 0 atom stereocenters. The van der Waals surface area contributed by atoms with Crippen molar-refractivity contribution in [1.82, 2.24) is 4.98 Å². The zero-order valence-electron chi connectivity index (χ0n) is 8.12. The Morgan fingerprint density at radius 3 is 2.47 bits per heavy atom. The number of carbonyl (C=O) groups is 2. The largest absolute Gasteiger partial charge is 0.478 e. The number of hydrogen-bond acceptors (Lipinski definition) is 3. The van der Waals surface area contributed by atoms with Crippen molar-refractivity contribution in [2.24, 2.45) is 0 Å². The first-order valence-corrected chi connectivity index (χ1v) is 4.20. The number of aliphatic carboxylic acids is 1. The van der Waals surface area contributed by atoms with Gasteiger partial charge in [0.2, 0.25) is 0 Å². The van der Waals surface area contributed by atoms with Gasteiger partial charge in [0.15, 0.2) is 0 Å². The van der Waals surface area contributed by atoms with E-state index in [0.717, 1.165) is 12.2 Å². The first kappa shape index (κ1) is 10.9. The van der Waals surface area contributed by atoms with E-state index in [-0.39, 0.29) is 0 Å². The van der Waals surface area contributed by atoms with Gasteiger partial charge in [-0.2, -0.15) is 0 Å². The normalized spacial score (nSPS) is 10.2. The van der Waals surface area contributed by atoms with Crippen LogP contribution in [0.2, 0.25) is 0 Å². The molecule has 0 aliphatic carbocycles. The molecule has 0 radical (unpaired) electrons. The van der Waals surface area contributed by atoms with Crippen molar-refractivity contribution < 1.29 is 14.7 Å². The SMILES string of the molecule is CN(C(=O)/C=C/C(=O)O)c1ccncc1. The third-order valence-corrected chi connectivity index (χ3v) is 1.75. The molecular weight excluding hydrogens is 196 g/mol. The second-order valence-electron chi connectivity index (χ2n) is 2.77. The van der Waals surface area contributed by atoms with Crippen molar-refractivity contribution in [2.75, 3.05) is 11.9 Å². The first-order valence-electron chi connectivity index (χ1n) is 4.20. The quantitative estimate of drug-likeness (QED) is 0.738. The minimum Gasteiger partial charge on any atom is -0.478 e. The predicted molar refractivity (Wildman–Crippen MR) is 54.4 cm³/mol. The smallest absolute Gasteiger partial charge is 0.328 e. The van der Waals surface area contributed by atoms with Crippen LogP contribution in [0, 0.1) is 0 Å². The van der Waals surface area contributed by atoms with E-state index < -0.39 is 11.9 Å². The highest BCUT2D eigenvalue weighted by Crippen LogP contribution is 2.09. The summed E-state index contributed by atoms with van der Waals surface area (Å²) in [4.78, 5) is 26.7. The Hall–Kier alpha value is -2.17. The first-order chi connectivity index (χ1) is 7.11. The van der Waals surface area contributed by atoms with Crippen LogP contribution in [0.25, 0.3) is 0 Å². The van der Waals surface area contributed by atoms with Crippen molar-refractivity contribution in [2.45, 2.75) is 0 Å². The Balaban J connectivity index is 2.74. The Bertz CT molecular complexity index is 387. The van der Waals surface area contributed by atoms with Crippen molar-refractivity contribution in [3.63, 3.8) is 0 Å². The molecule has 1 N–H and O–H groups in total. The van der Waals surface area contributed by atoms with Crippen molar-refractivity contribution in [1.29, 1.82) is 0 Å². The second kappa shape index (κ2) is 4.90. The molecule has 0 aliphatic heterocycles. The van der Waals surface area contributed by atoms with Gasteiger partial charge < -0.3 is 10.0 Å². The van der Waals surface area contributed by atoms with E-state index in [4.69, 9.17) is 5.11 Å². The molecule has 1 rings (SSSR count). The van der Waals surface area contributed by atoms with E-state index in [2.05, 4.69) is 4.98 Å². The summed E-state index contributed by atoms with van der Waals surface area (Å²) in [5.41, 5.74) is 0.657. The Morgan fingerprint density at radius 1 is 1.33 bits per heavy atom. The van der Waals surface area contributed by atoms with Gasteiger partial charge in [-0.05, 0) is 12.1 Å². The van der Waals surface area contributed by atoms with Gasteiger partial charge in [0.1, 0.15) is 0 Å².